The third-order valence-electron chi connectivity index (χ3n) is 6.86. The van der Waals surface area contributed by atoms with E-state index in [2.05, 4.69) is 52.2 Å². The van der Waals surface area contributed by atoms with Crippen molar-refractivity contribution < 1.29 is 9.59 Å². The van der Waals surface area contributed by atoms with Gasteiger partial charge in [-0.15, -0.1) is 0 Å². The second-order valence-corrected chi connectivity index (χ2v) is 11.3. The topological polar surface area (TPSA) is 64.7 Å². The van der Waals surface area contributed by atoms with Crippen molar-refractivity contribution in [3.8, 4) is 0 Å². The zero-order valence-corrected chi connectivity index (χ0v) is 19.3. The molecule has 2 heterocycles. The minimum Gasteiger partial charge on any atom is -0.345 e. The Kier molecular flexibility index (Phi) is 6.56. The van der Waals surface area contributed by atoms with Crippen molar-refractivity contribution in [3.63, 3.8) is 0 Å². The first-order valence-corrected chi connectivity index (χ1v) is 10.7. The van der Waals surface area contributed by atoms with Crippen LogP contribution in [0.15, 0.2) is 0 Å². The van der Waals surface area contributed by atoms with Gasteiger partial charge in [0.25, 0.3) is 0 Å². The lowest BCUT2D eigenvalue weighted by Gasteiger charge is -2.53. The first-order chi connectivity index (χ1) is 12.7. The summed E-state index contributed by atoms with van der Waals surface area (Å²) in [6.07, 6.45) is 7.82. The molecule has 2 amide bonds. The van der Waals surface area contributed by atoms with E-state index in [1.807, 2.05) is 23.9 Å². The van der Waals surface area contributed by atoms with E-state index < -0.39 is 0 Å². The van der Waals surface area contributed by atoms with Gasteiger partial charge in [0.1, 0.15) is 0 Å². The molecule has 6 nitrogen and oxygen atoms in total. The van der Waals surface area contributed by atoms with Gasteiger partial charge in [-0.25, -0.2) is 0 Å². The van der Waals surface area contributed by atoms with Crippen molar-refractivity contribution in [3.05, 3.63) is 0 Å². The number of carbonyl (C=O) groups excluding carboxylic acids is 2. The molecule has 0 radical (unpaired) electrons. The Hall–Kier alpha value is -1.14. The fourth-order valence-electron chi connectivity index (χ4n) is 5.83. The molecule has 0 spiro atoms. The van der Waals surface area contributed by atoms with E-state index >= 15 is 0 Å². The van der Waals surface area contributed by atoms with Crippen molar-refractivity contribution in [2.45, 2.75) is 114 Å². The highest BCUT2D eigenvalue weighted by atomic mass is 16.1. The van der Waals surface area contributed by atoms with Crippen LogP contribution in [0.4, 0.5) is 0 Å². The smallest absolute Gasteiger partial charge is 0.209 e. The number of nitrogens with one attached hydrogen (secondary N) is 2. The van der Waals surface area contributed by atoms with Crippen LogP contribution in [0.2, 0.25) is 0 Å². The van der Waals surface area contributed by atoms with Crippen molar-refractivity contribution in [2.75, 3.05) is 14.1 Å². The number of hydrogen-bond acceptors (Lipinski definition) is 4. The predicted octanol–water partition coefficient (Wildman–Crippen LogP) is 2.52. The first-order valence-electron chi connectivity index (χ1n) is 10.7. The summed E-state index contributed by atoms with van der Waals surface area (Å²) in [7, 11) is 3.79. The summed E-state index contributed by atoms with van der Waals surface area (Å²) in [6, 6.07) is 0.521. The maximum absolute atomic E-state index is 11.3. The van der Waals surface area contributed by atoms with E-state index in [0.29, 0.717) is 0 Å². The van der Waals surface area contributed by atoms with E-state index in [-0.39, 0.29) is 34.2 Å². The number of nitrogens with zero attached hydrogens (tertiary/aromatic N) is 2. The van der Waals surface area contributed by atoms with E-state index in [0.717, 1.165) is 51.3 Å². The van der Waals surface area contributed by atoms with Crippen molar-refractivity contribution >= 4 is 12.8 Å². The Morgan fingerprint density at radius 1 is 0.714 bits per heavy atom. The summed E-state index contributed by atoms with van der Waals surface area (Å²) in [5.41, 5.74) is -0.0607. The highest BCUT2D eigenvalue weighted by molar-refractivity contribution is 5.47. The van der Waals surface area contributed by atoms with E-state index in [4.69, 9.17) is 0 Å². The molecular formula is C22H42N4O2. The third kappa shape index (κ3) is 5.69. The SMILES string of the molecule is CN(C=O)C1CC(C)(C)NC(C)(CC[C@]2(C)CC(N(C)C=O)CC(C)(C)N2)C1. The van der Waals surface area contributed by atoms with Crippen LogP contribution in [0.25, 0.3) is 0 Å². The number of hydrogen-bond donors (Lipinski definition) is 2. The quantitative estimate of drug-likeness (QED) is 0.651. The molecule has 0 saturated carbocycles. The lowest BCUT2D eigenvalue weighted by molar-refractivity contribution is -0.121. The van der Waals surface area contributed by atoms with Gasteiger partial charge >= 0.3 is 0 Å². The minimum atomic E-state index is -0.0258. The number of rotatable bonds is 7. The summed E-state index contributed by atoms with van der Waals surface area (Å²) in [5.74, 6) is 0. The Labute approximate surface area is 171 Å². The lowest BCUT2D eigenvalue weighted by atomic mass is 9.71. The molecule has 0 aromatic rings. The summed E-state index contributed by atoms with van der Waals surface area (Å²) >= 11 is 0. The Morgan fingerprint density at radius 3 is 1.32 bits per heavy atom. The number of piperidine rings is 2. The van der Waals surface area contributed by atoms with Crippen LogP contribution in [0.1, 0.15) is 80.1 Å². The van der Waals surface area contributed by atoms with E-state index in [9.17, 15) is 9.59 Å². The van der Waals surface area contributed by atoms with Gasteiger partial charge in [0.2, 0.25) is 12.8 Å². The highest BCUT2D eigenvalue weighted by Crippen LogP contribution is 2.38. The second kappa shape index (κ2) is 7.94. The molecule has 6 heteroatoms. The molecule has 4 atom stereocenters. The molecular weight excluding hydrogens is 352 g/mol. The van der Waals surface area contributed by atoms with E-state index in [1.165, 1.54) is 0 Å². The van der Waals surface area contributed by atoms with Crippen molar-refractivity contribution in [1.29, 1.82) is 0 Å². The largest absolute Gasteiger partial charge is 0.345 e. The standard InChI is InChI=1S/C22H42N4O2/c1-19(2)11-17(25(7)15-27)13-21(5,23-19)9-10-22(6)14-18(26(8)16-28)12-20(3,4)24-22/h15-18,23-24H,9-14H2,1-8H3/t17?,18?,21-,22?/m1/s1. The zero-order valence-electron chi connectivity index (χ0n) is 19.3. The monoisotopic (exact) mass is 394 g/mol. The van der Waals surface area contributed by atoms with Gasteiger partial charge in [-0.1, -0.05) is 0 Å². The van der Waals surface area contributed by atoms with Crippen molar-refractivity contribution in [2.24, 2.45) is 0 Å². The van der Waals surface area contributed by atoms with Crippen LogP contribution in [-0.4, -0.2) is 71.0 Å². The van der Waals surface area contributed by atoms with Crippen LogP contribution < -0.4 is 10.6 Å². The zero-order chi connectivity index (χ0) is 21.4. The van der Waals surface area contributed by atoms with Crippen LogP contribution >= 0.6 is 0 Å². The number of carbonyl (C=O) groups is 2. The molecule has 2 rings (SSSR count). The maximum atomic E-state index is 11.3. The first kappa shape index (κ1) is 23.1. The van der Waals surface area contributed by atoms with Crippen molar-refractivity contribution in [1.82, 2.24) is 20.4 Å². The van der Waals surface area contributed by atoms with Crippen LogP contribution in [0, 0.1) is 0 Å². The molecule has 2 aliphatic rings. The Morgan fingerprint density at radius 2 is 1.04 bits per heavy atom. The van der Waals surface area contributed by atoms with Gasteiger partial charge in [0, 0.05) is 48.3 Å². The van der Waals surface area contributed by atoms with Gasteiger partial charge in [-0.05, 0) is 80.1 Å². The molecule has 2 aliphatic heterocycles. The normalized spacial score (nSPS) is 37.1. The van der Waals surface area contributed by atoms with Gasteiger partial charge in [0.15, 0.2) is 0 Å². The molecule has 28 heavy (non-hydrogen) atoms. The van der Waals surface area contributed by atoms with Gasteiger partial charge < -0.3 is 20.4 Å². The van der Waals surface area contributed by atoms with Crippen LogP contribution in [0.3, 0.4) is 0 Å². The minimum absolute atomic E-state index is 0.00459. The van der Waals surface area contributed by atoms with Crippen LogP contribution in [0.5, 0.6) is 0 Å². The average Bonchev–Trinajstić information content (AvgIpc) is 2.55. The Bertz CT molecular complexity index is 529. The molecule has 2 fully saturated rings. The van der Waals surface area contributed by atoms with Crippen LogP contribution in [-0.2, 0) is 9.59 Å². The molecule has 0 bridgehead atoms. The second-order valence-electron chi connectivity index (χ2n) is 11.3. The molecule has 0 aromatic carbocycles. The maximum Gasteiger partial charge on any atom is 0.209 e. The molecule has 0 aliphatic carbocycles. The molecule has 2 saturated heterocycles. The average molecular weight is 395 g/mol. The summed E-state index contributed by atoms with van der Waals surface area (Å²) in [4.78, 5) is 26.4. The molecule has 162 valence electrons. The van der Waals surface area contributed by atoms with Gasteiger partial charge in [-0.2, -0.15) is 0 Å². The highest BCUT2D eigenvalue weighted by Gasteiger charge is 2.45. The number of amides is 2. The van der Waals surface area contributed by atoms with Gasteiger partial charge in [-0.3, -0.25) is 9.59 Å². The van der Waals surface area contributed by atoms with E-state index in [1.54, 1.807) is 0 Å². The lowest BCUT2D eigenvalue weighted by Crippen LogP contribution is -2.65. The third-order valence-corrected chi connectivity index (χ3v) is 6.86. The molecule has 0 aromatic heterocycles. The fourth-order valence-corrected chi connectivity index (χ4v) is 5.83. The summed E-state index contributed by atoms with van der Waals surface area (Å²) in [6.45, 7) is 13.5. The van der Waals surface area contributed by atoms with Gasteiger partial charge in [0.05, 0.1) is 0 Å². The molecule has 2 N–H and O–H groups in total. The fraction of sp³-hybridized carbons (Fsp3) is 0.909. The molecule has 3 unspecified atom stereocenters. The predicted molar refractivity (Wildman–Crippen MR) is 114 cm³/mol. The summed E-state index contributed by atoms with van der Waals surface area (Å²) < 4.78 is 0. The Balaban J connectivity index is 2.13. The summed E-state index contributed by atoms with van der Waals surface area (Å²) in [5, 5.41) is 7.73.